The van der Waals surface area contributed by atoms with E-state index in [4.69, 9.17) is 4.74 Å². The molecule has 0 aromatic heterocycles. The molecule has 0 saturated carbocycles. The summed E-state index contributed by atoms with van der Waals surface area (Å²) in [6.07, 6.45) is -1.85. The summed E-state index contributed by atoms with van der Waals surface area (Å²) in [5.74, 6) is -0.723. The summed E-state index contributed by atoms with van der Waals surface area (Å²) in [5.41, 5.74) is 0.637. The van der Waals surface area contributed by atoms with Gasteiger partial charge in [0.15, 0.2) is 0 Å². The minimum absolute atomic E-state index is 0.0409. The van der Waals surface area contributed by atoms with Gasteiger partial charge in [-0.05, 0) is 5.56 Å². The predicted molar refractivity (Wildman–Crippen MR) is 90.3 cm³/mol. The molecule has 1 fully saturated rings. The van der Waals surface area contributed by atoms with Gasteiger partial charge in [0.25, 0.3) is 5.91 Å². The highest BCUT2D eigenvalue weighted by molar-refractivity contribution is 6.23. The van der Waals surface area contributed by atoms with Gasteiger partial charge in [0.2, 0.25) is 18.0 Å². The van der Waals surface area contributed by atoms with Gasteiger partial charge in [0.1, 0.15) is 6.61 Å². The first-order valence-corrected chi connectivity index (χ1v) is 8.02. The Labute approximate surface area is 144 Å². The molecule has 25 heavy (non-hydrogen) atoms. The maximum Gasteiger partial charge on any atom is 0.289 e. The van der Waals surface area contributed by atoms with E-state index in [-0.39, 0.29) is 24.2 Å². The van der Waals surface area contributed by atoms with E-state index in [2.05, 4.69) is 9.98 Å². The lowest BCUT2D eigenvalue weighted by Gasteiger charge is -2.35. The number of carbonyl (C=O) groups is 2. The minimum atomic E-state index is -1.85. The van der Waals surface area contributed by atoms with Gasteiger partial charge < -0.3 is 14.5 Å². The molecule has 132 valence electrons. The highest BCUT2D eigenvalue weighted by Gasteiger charge is 2.32. The van der Waals surface area contributed by atoms with E-state index in [0.29, 0.717) is 31.7 Å². The Morgan fingerprint density at radius 2 is 1.88 bits per heavy atom. The molecule has 0 spiro atoms. The van der Waals surface area contributed by atoms with Crippen molar-refractivity contribution in [3.05, 3.63) is 35.9 Å². The van der Waals surface area contributed by atoms with Gasteiger partial charge in [-0.1, -0.05) is 30.3 Å². The first-order chi connectivity index (χ1) is 12.1. The molecule has 1 aromatic rings. The largest absolute Gasteiger partial charge is 0.375 e. The number of ether oxygens (including phenoxy) is 1. The number of alkyl halides is 1. The second-order valence-corrected chi connectivity index (χ2v) is 5.78. The standard InChI is InChI=1S/C17H19FN4O3/c1-25-11-13(23)21-7-9-22(10-8-21)17-19-15(14(18)16(24)20-17)12-5-3-2-4-6-12/h2-6,14H,7-11H2,1H3. The molecule has 1 saturated heterocycles. The number of piperazine rings is 1. The second-order valence-electron chi connectivity index (χ2n) is 5.78. The molecule has 2 amide bonds. The summed E-state index contributed by atoms with van der Waals surface area (Å²) in [5, 5.41) is 0. The van der Waals surface area contributed by atoms with Crippen LogP contribution >= 0.6 is 0 Å². The molecular weight excluding hydrogens is 327 g/mol. The third-order valence-electron chi connectivity index (χ3n) is 4.14. The SMILES string of the molecule is COCC(=O)N1CCN(C2=NC(=O)C(F)C(c3ccccc3)=N2)CC1. The number of guanidine groups is 1. The highest BCUT2D eigenvalue weighted by atomic mass is 19.1. The van der Waals surface area contributed by atoms with Gasteiger partial charge in [-0.25, -0.2) is 9.38 Å². The van der Waals surface area contributed by atoms with Gasteiger partial charge in [0.05, 0.1) is 5.71 Å². The highest BCUT2D eigenvalue weighted by Crippen LogP contribution is 2.16. The molecule has 7 nitrogen and oxygen atoms in total. The Morgan fingerprint density at radius 1 is 1.20 bits per heavy atom. The fraction of sp³-hybridized carbons (Fsp3) is 0.412. The number of carbonyl (C=O) groups excluding carboxylic acids is 2. The van der Waals surface area contributed by atoms with E-state index in [9.17, 15) is 14.0 Å². The zero-order valence-corrected chi connectivity index (χ0v) is 13.9. The van der Waals surface area contributed by atoms with Crippen molar-refractivity contribution in [1.29, 1.82) is 0 Å². The zero-order valence-electron chi connectivity index (χ0n) is 13.9. The van der Waals surface area contributed by atoms with E-state index < -0.39 is 12.1 Å². The Kier molecular flexibility index (Phi) is 5.18. The molecule has 0 N–H and O–H groups in total. The third kappa shape index (κ3) is 3.74. The Balaban J connectivity index is 1.74. The monoisotopic (exact) mass is 346 g/mol. The minimum Gasteiger partial charge on any atom is -0.375 e. The number of methoxy groups -OCH3 is 1. The summed E-state index contributed by atoms with van der Waals surface area (Å²) in [6.45, 7) is 1.95. The van der Waals surface area contributed by atoms with E-state index in [0.717, 1.165) is 0 Å². The number of nitrogens with zero attached hydrogens (tertiary/aromatic N) is 4. The Bertz CT molecular complexity index is 712. The van der Waals surface area contributed by atoms with E-state index >= 15 is 0 Å². The van der Waals surface area contributed by atoms with Crippen molar-refractivity contribution >= 4 is 23.5 Å². The lowest BCUT2D eigenvalue weighted by atomic mass is 10.0. The van der Waals surface area contributed by atoms with Crippen LogP contribution in [0.3, 0.4) is 0 Å². The van der Waals surface area contributed by atoms with Crippen LogP contribution in [0, 0.1) is 0 Å². The van der Waals surface area contributed by atoms with Crippen LogP contribution in [0.2, 0.25) is 0 Å². The summed E-state index contributed by atoms with van der Waals surface area (Å²) in [6, 6.07) is 8.76. The van der Waals surface area contributed by atoms with Crippen molar-refractivity contribution in [3.8, 4) is 0 Å². The fourth-order valence-corrected chi connectivity index (χ4v) is 2.79. The van der Waals surface area contributed by atoms with Crippen molar-refractivity contribution in [2.24, 2.45) is 9.98 Å². The average molecular weight is 346 g/mol. The topological polar surface area (TPSA) is 74.6 Å². The van der Waals surface area contributed by atoms with Crippen molar-refractivity contribution in [1.82, 2.24) is 9.80 Å². The number of hydrogen-bond acceptors (Lipinski definition) is 5. The lowest BCUT2D eigenvalue weighted by Crippen LogP contribution is -2.52. The molecule has 8 heteroatoms. The van der Waals surface area contributed by atoms with Crippen molar-refractivity contribution in [2.75, 3.05) is 39.9 Å². The molecule has 2 aliphatic rings. The van der Waals surface area contributed by atoms with Gasteiger partial charge in [-0.2, -0.15) is 4.99 Å². The van der Waals surface area contributed by atoms with Gasteiger partial charge >= 0.3 is 0 Å². The van der Waals surface area contributed by atoms with Gasteiger partial charge in [-0.3, -0.25) is 9.59 Å². The number of aliphatic imine (C=N–C) groups is 2. The first-order valence-electron chi connectivity index (χ1n) is 8.02. The van der Waals surface area contributed by atoms with Crippen LogP contribution in [-0.4, -0.2) is 79.4 Å². The summed E-state index contributed by atoms with van der Waals surface area (Å²) in [7, 11) is 1.48. The zero-order chi connectivity index (χ0) is 17.8. The molecule has 2 aliphatic heterocycles. The van der Waals surface area contributed by atoms with Crippen molar-refractivity contribution < 1.29 is 18.7 Å². The van der Waals surface area contributed by atoms with Crippen LogP contribution in [-0.2, 0) is 14.3 Å². The summed E-state index contributed by atoms with van der Waals surface area (Å²) in [4.78, 5) is 35.3. The number of rotatable bonds is 3. The second kappa shape index (κ2) is 7.52. The molecule has 1 atom stereocenters. The molecular formula is C17H19FN4O3. The Morgan fingerprint density at radius 3 is 2.52 bits per heavy atom. The fourth-order valence-electron chi connectivity index (χ4n) is 2.79. The number of benzene rings is 1. The number of halogens is 1. The van der Waals surface area contributed by atoms with Crippen LogP contribution in [0.4, 0.5) is 4.39 Å². The number of hydrogen-bond donors (Lipinski definition) is 0. The van der Waals surface area contributed by atoms with Crippen LogP contribution in [0.25, 0.3) is 0 Å². The Hall–Kier alpha value is -2.61. The molecule has 1 unspecified atom stereocenters. The average Bonchev–Trinajstić information content (AvgIpc) is 2.65. The van der Waals surface area contributed by atoms with Gasteiger partial charge in [0, 0.05) is 33.3 Å². The normalized spacial score (nSPS) is 21.0. The van der Waals surface area contributed by atoms with Crippen molar-refractivity contribution in [3.63, 3.8) is 0 Å². The van der Waals surface area contributed by atoms with E-state index in [1.807, 2.05) is 6.07 Å². The maximum absolute atomic E-state index is 14.2. The van der Waals surface area contributed by atoms with Crippen molar-refractivity contribution in [2.45, 2.75) is 6.17 Å². The lowest BCUT2D eigenvalue weighted by molar-refractivity contribution is -0.136. The summed E-state index contributed by atoms with van der Waals surface area (Å²) < 4.78 is 19.1. The van der Waals surface area contributed by atoms with Gasteiger partial charge in [-0.15, -0.1) is 0 Å². The van der Waals surface area contributed by atoms with Crippen LogP contribution in [0.1, 0.15) is 5.56 Å². The molecule has 3 rings (SSSR count). The molecule has 0 aliphatic carbocycles. The van der Waals surface area contributed by atoms with E-state index in [1.54, 1.807) is 34.1 Å². The summed E-state index contributed by atoms with van der Waals surface area (Å²) >= 11 is 0. The number of amides is 2. The first kappa shape index (κ1) is 17.2. The molecule has 0 bridgehead atoms. The quantitative estimate of drug-likeness (QED) is 0.799. The van der Waals surface area contributed by atoms with Crippen LogP contribution in [0.5, 0.6) is 0 Å². The smallest absolute Gasteiger partial charge is 0.289 e. The predicted octanol–water partition coefficient (Wildman–Crippen LogP) is 0.501. The van der Waals surface area contributed by atoms with Crippen LogP contribution < -0.4 is 0 Å². The molecule has 1 aromatic carbocycles. The van der Waals surface area contributed by atoms with E-state index in [1.165, 1.54) is 7.11 Å². The molecule has 0 radical (unpaired) electrons. The third-order valence-corrected chi connectivity index (χ3v) is 4.14. The maximum atomic E-state index is 14.2. The molecule has 2 heterocycles. The van der Waals surface area contributed by atoms with Crippen LogP contribution in [0.15, 0.2) is 40.3 Å².